The number of nitrogens with zero attached hydrogens (tertiary/aromatic N) is 1. The number of fused-ring (bicyclic) bond motifs is 1. The third kappa shape index (κ3) is 1.41. The molecule has 1 N–H and O–H groups in total. The molecule has 0 aromatic rings. The van der Waals surface area contributed by atoms with Gasteiger partial charge in [-0.2, -0.15) is 0 Å². The third-order valence-corrected chi connectivity index (χ3v) is 2.46. The van der Waals surface area contributed by atoms with Gasteiger partial charge >= 0.3 is 0 Å². The molecule has 0 aromatic carbocycles. The van der Waals surface area contributed by atoms with E-state index in [1.54, 1.807) is 0 Å². The van der Waals surface area contributed by atoms with E-state index in [-0.39, 0.29) is 0 Å². The topological polar surface area (TPSA) is 15.3 Å². The van der Waals surface area contributed by atoms with Gasteiger partial charge in [0, 0.05) is 18.3 Å². The van der Waals surface area contributed by atoms with Gasteiger partial charge in [-0.15, -0.1) is 0 Å². The average molecular weight is 152 g/mol. The predicted molar refractivity (Wildman–Crippen MR) is 45.9 cm³/mol. The van der Waals surface area contributed by atoms with Crippen LogP contribution < -0.4 is 5.43 Å². The summed E-state index contributed by atoms with van der Waals surface area (Å²) in [5.41, 5.74) is 4.96. The molecule has 62 valence electrons. The van der Waals surface area contributed by atoms with Crippen LogP contribution in [0.4, 0.5) is 0 Å². The average Bonchev–Trinajstić information content (AvgIpc) is 2.17. The largest absolute Gasteiger partial charge is 0.312 e. The van der Waals surface area contributed by atoms with Crippen molar-refractivity contribution in [1.29, 1.82) is 0 Å². The minimum Gasteiger partial charge on any atom is -0.312 e. The predicted octanol–water partition coefficient (Wildman–Crippen LogP) is 1.65. The quantitative estimate of drug-likeness (QED) is 0.568. The van der Waals surface area contributed by atoms with Crippen molar-refractivity contribution in [2.24, 2.45) is 0 Å². The lowest BCUT2D eigenvalue weighted by Gasteiger charge is -2.20. The summed E-state index contributed by atoms with van der Waals surface area (Å²) in [5.74, 6) is 0. The van der Waals surface area contributed by atoms with Gasteiger partial charge in [0.1, 0.15) is 0 Å². The Balaban J connectivity index is 2.08. The highest BCUT2D eigenvalue weighted by molar-refractivity contribution is 5.10. The molecule has 2 heteroatoms. The minimum atomic E-state index is 0.558. The molecule has 0 aliphatic carbocycles. The summed E-state index contributed by atoms with van der Waals surface area (Å²) in [4.78, 5) is 0. The van der Waals surface area contributed by atoms with Gasteiger partial charge in [-0.1, -0.05) is 6.42 Å². The van der Waals surface area contributed by atoms with E-state index in [1.165, 1.54) is 37.9 Å². The van der Waals surface area contributed by atoms with E-state index in [9.17, 15) is 0 Å². The molecule has 2 heterocycles. The number of rotatable bonds is 0. The van der Waals surface area contributed by atoms with Gasteiger partial charge in [0.2, 0.25) is 0 Å². The molecule has 0 saturated carbocycles. The first-order valence-corrected chi connectivity index (χ1v) is 4.61. The summed E-state index contributed by atoms with van der Waals surface area (Å²) in [6.45, 7) is 3.41. The van der Waals surface area contributed by atoms with Crippen molar-refractivity contribution in [2.75, 3.05) is 6.54 Å². The Morgan fingerprint density at radius 2 is 2.36 bits per heavy atom. The molecule has 2 rings (SSSR count). The van der Waals surface area contributed by atoms with E-state index in [0.29, 0.717) is 6.04 Å². The zero-order valence-corrected chi connectivity index (χ0v) is 7.14. The fourth-order valence-corrected chi connectivity index (χ4v) is 1.92. The van der Waals surface area contributed by atoms with Crippen molar-refractivity contribution in [3.63, 3.8) is 0 Å². The van der Waals surface area contributed by atoms with Crippen molar-refractivity contribution in [1.82, 2.24) is 10.4 Å². The third-order valence-electron chi connectivity index (χ3n) is 2.46. The molecule has 1 fully saturated rings. The molecule has 1 atom stereocenters. The zero-order chi connectivity index (χ0) is 7.68. The van der Waals surface area contributed by atoms with Crippen LogP contribution in [-0.2, 0) is 0 Å². The first-order chi connectivity index (χ1) is 5.36. The van der Waals surface area contributed by atoms with Crippen LogP contribution >= 0.6 is 0 Å². The fraction of sp³-hybridized carbons (Fsp3) is 0.778. The summed E-state index contributed by atoms with van der Waals surface area (Å²) < 4.78 is 0. The van der Waals surface area contributed by atoms with Crippen LogP contribution in [0.2, 0.25) is 0 Å². The molecule has 2 aliphatic rings. The SMILES string of the molecule is CC1C=C2CCCCCN2N1. The maximum Gasteiger partial charge on any atom is 0.0434 e. The normalized spacial score (nSPS) is 31.2. The van der Waals surface area contributed by atoms with Gasteiger partial charge in [-0.05, 0) is 32.3 Å². The Morgan fingerprint density at radius 1 is 1.45 bits per heavy atom. The Bertz CT molecular complexity index is 174. The Kier molecular flexibility index (Phi) is 1.86. The molecule has 0 spiro atoms. The second-order valence-corrected chi connectivity index (χ2v) is 3.54. The number of nitrogens with one attached hydrogen (secondary N) is 1. The monoisotopic (exact) mass is 152 g/mol. The minimum absolute atomic E-state index is 0.558. The second kappa shape index (κ2) is 2.86. The first-order valence-electron chi connectivity index (χ1n) is 4.61. The van der Waals surface area contributed by atoms with Crippen LogP contribution in [0.3, 0.4) is 0 Å². The van der Waals surface area contributed by atoms with Crippen molar-refractivity contribution in [3.8, 4) is 0 Å². The second-order valence-electron chi connectivity index (χ2n) is 3.54. The van der Waals surface area contributed by atoms with Gasteiger partial charge in [-0.3, -0.25) is 0 Å². The lowest BCUT2D eigenvalue weighted by atomic mass is 10.2. The molecular formula is C9H16N2. The standard InChI is InChI=1S/C9H16N2/c1-8-7-9-5-3-2-4-6-11(9)10-8/h7-8,10H,2-6H2,1H3. The number of allylic oxidation sites excluding steroid dienone is 1. The first kappa shape index (κ1) is 7.17. The van der Waals surface area contributed by atoms with Gasteiger partial charge in [-0.25, -0.2) is 5.43 Å². The Labute approximate surface area is 68.2 Å². The van der Waals surface area contributed by atoms with E-state index in [4.69, 9.17) is 0 Å². The summed E-state index contributed by atoms with van der Waals surface area (Å²) in [7, 11) is 0. The molecule has 0 aromatic heterocycles. The highest BCUT2D eigenvalue weighted by Crippen LogP contribution is 2.22. The van der Waals surface area contributed by atoms with Crippen LogP contribution in [0.1, 0.15) is 32.6 Å². The van der Waals surface area contributed by atoms with Crippen LogP contribution in [0.15, 0.2) is 11.8 Å². The van der Waals surface area contributed by atoms with Gasteiger partial charge < -0.3 is 5.01 Å². The number of hydrogen-bond donors (Lipinski definition) is 1. The summed E-state index contributed by atoms with van der Waals surface area (Å²) in [5, 5.41) is 2.33. The van der Waals surface area contributed by atoms with E-state index >= 15 is 0 Å². The number of hydrogen-bond acceptors (Lipinski definition) is 2. The summed E-state index contributed by atoms with van der Waals surface area (Å²) in [6.07, 6.45) is 7.74. The van der Waals surface area contributed by atoms with Crippen LogP contribution in [0.25, 0.3) is 0 Å². The Morgan fingerprint density at radius 3 is 3.27 bits per heavy atom. The molecule has 0 bridgehead atoms. The number of hydrazine groups is 1. The van der Waals surface area contributed by atoms with E-state index < -0.39 is 0 Å². The van der Waals surface area contributed by atoms with Crippen LogP contribution in [0, 0.1) is 0 Å². The van der Waals surface area contributed by atoms with E-state index in [1.807, 2.05) is 0 Å². The molecule has 1 unspecified atom stereocenters. The molecule has 2 nitrogen and oxygen atoms in total. The highest BCUT2D eigenvalue weighted by atomic mass is 15.5. The molecule has 2 aliphatic heterocycles. The van der Waals surface area contributed by atoms with Crippen molar-refractivity contribution < 1.29 is 0 Å². The highest BCUT2D eigenvalue weighted by Gasteiger charge is 2.20. The van der Waals surface area contributed by atoms with Crippen molar-refractivity contribution in [2.45, 2.75) is 38.6 Å². The maximum absolute atomic E-state index is 3.44. The van der Waals surface area contributed by atoms with Crippen molar-refractivity contribution in [3.05, 3.63) is 11.8 Å². The summed E-state index contributed by atoms with van der Waals surface area (Å²) >= 11 is 0. The van der Waals surface area contributed by atoms with E-state index in [0.717, 1.165) is 0 Å². The zero-order valence-electron chi connectivity index (χ0n) is 7.14. The van der Waals surface area contributed by atoms with Crippen LogP contribution in [-0.4, -0.2) is 17.6 Å². The molecule has 11 heavy (non-hydrogen) atoms. The van der Waals surface area contributed by atoms with Gasteiger partial charge in [0.25, 0.3) is 0 Å². The van der Waals surface area contributed by atoms with Gasteiger partial charge in [0.05, 0.1) is 0 Å². The molecule has 0 radical (unpaired) electrons. The lowest BCUT2D eigenvalue weighted by Crippen LogP contribution is -2.35. The molecule has 1 saturated heterocycles. The van der Waals surface area contributed by atoms with Gasteiger partial charge in [0.15, 0.2) is 0 Å². The van der Waals surface area contributed by atoms with E-state index in [2.05, 4.69) is 23.4 Å². The molecular weight excluding hydrogens is 136 g/mol. The maximum atomic E-state index is 3.44. The van der Waals surface area contributed by atoms with Crippen LogP contribution in [0.5, 0.6) is 0 Å². The lowest BCUT2D eigenvalue weighted by molar-refractivity contribution is 0.260. The fourth-order valence-electron chi connectivity index (χ4n) is 1.92. The summed E-state index contributed by atoms with van der Waals surface area (Å²) in [6, 6.07) is 0.558. The Hall–Kier alpha value is -0.500. The molecule has 0 amide bonds. The van der Waals surface area contributed by atoms with Crippen molar-refractivity contribution >= 4 is 0 Å². The smallest absolute Gasteiger partial charge is 0.0434 e.